The number of nitrogens with one attached hydrogen (secondary N) is 1. The first-order valence-electron chi connectivity index (χ1n) is 6.26. The molecule has 0 aliphatic carbocycles. The summed E-state index contributed by atoms with van der Waals surface area (Å²) in [6.07, 6.45) is 1.06. The second kappa shape index (κ2) is 9.25. The molecule has 102 valence electrons. The topological polar surface area (TPSA) is 30.5 Å². The zero-order valence-electron chi connectivity index (χ0n) is 11.4. The van der Waals surface area contributed by atoms with Gasteiger partial charge in [-0.05, 0) is 31.2 Å². The molecule has 1 aromatic carbocycles. The Morgan fingerprint density at radius 3 is 2.89 bits per heavy atom. The second-order valence-corrected chi connectivity index (χ2v) is 5.67. The van der Waals surface area contributed by atoms with Crippen molar-refractivity contribution in [2.24, 2.45) is 0 Å². The molecule has 1 N–H and O–H groups in total. The van der Waals surface area contributed by atoms with Crippen LogP contribution in [0.15, 0.2) is 29.2 Å². The first kappa shape index (κ1) is 15.3. The van der Waals surface area contributed by atoms with Gasteiger partial charge in [0.2, 0.25) is 0 Å². The quantitative estimate of drug-likeness (QED) is 0.551. The van der Waals surface area contributed by atoms with Crippen LogP contribution in [-0.4, -0.2) is 39.2 Å². The number of methoxy groups -OCH3 is 2. The van der Waals surface area contributed by atoms with Crippen LogP contribution in [0.4, 0.5) is 0 Å². The Morgan fingerprint density at radius 1 is 1.33 bits per heavy atom. The van der Waals surface area contributed by atoms with Gasteiger partial charge in [-0.3, -0.25) is 0 Å². The van der Waals surface area contributed by atoms with Gasteiger partial charge in [0, 0.05) is 30.4 Å². The van der Waals surface area contributed by atoms with Crippen LogP contribution < -0.4 is 10.1 Å². The highest BCUT2D eigenvalue weighted by Crippen LogP contribution is 2.26. The lowest BCUT2D eigenvalue weighted by atomic mass is 10.3. The molecular formula is C14H23NO2S. The van der Waals surface area contributed by atoms with Gasteiger partial charge in [0.25, 0.3) is 0 Å². The van der Waals surface area contributed by atoms with Gasteiger partial charge in [0.15, 0.2) is 0 Å². The zero-order valence-corrected chi connectivity index (χ0v) is 12.3. The van der Waals surface area contributed by atoms with E-state index in [9.17, 15) is 0 Å². The van der Waals surface area contributed by atoms with E-state index in [1.165, 1.54) is 4.90 Å². The van der Waals surface area contributed by atoms with Crippen molar-refractivity contribution in [2.75, 3.05) is 33.9 Å². The Morgan fingerprint density at radius 2 is 2.17 bits per heavy atom. The monoisotopic (exact) mass is 269 g/mol. The molecule has 4 heteroatoms. The minimum atomic E-state index is 0.541. The van der Waals surface area contributed by atoms with Crippen LogP contribution in [0.1, 0.15) is 13.3 Å². The maximum atomic E-state index is 5.22. The molecule has 0 radical (unpaired) electrons. The number of thioether (sulfide) groups is 1. The predicted octanol–water partition coefficient (Wildman–Crippen LogP) is 2.80. The Bertz CT molecular complexity index is 333. The van der Waals surface area contributed by atoms with Crippen LogP contribution in [0.3, 0.4) is 0 Å². The van der Waals surface area contributed by atoms with E-state index >= 15 is 0 Å². The van der Waals surface area contributed by atoms with Gasteiger partial charge >= 0.3 is 0 Å². The van der Waals surface area contributed by atoms with Gasteiger partial charge < -0.3 is 14.8 Å². The normalized spacial score (nSPS) is 12.4. The third-order valence-corrected chi connectivity index (χ3v) is 3.61. The Kier molecular flexibility index (Phi) is 7.89. The molecule has 0 spiro atoms. The molecule has 0 aliphatic heterocycles. The minimum absolute atomic E-state index is 0.541. The van der Waals surface area contributed by atoms with Crippen LogP contribution >= 0.6 is 11.8 Å². The van der Waals surface area contributed by atoms with Crippen molar-refractivity contribution in [2.45, 2.75) is 23.5 Å². The number of hydrogen-bond acceptors (Lipinski definition) is 4. The maximum Gasteiger partial charge on any atom is 0.119 e. The molecule has 0 bridgehead atoms. The smallest absolute Gasteiger partial charge is 0.119 e. The highest BCUT2D eigenvalue weighted by Gasteiger charge is 2.04. The average molecular weight is 269 g/mol. The molecule has 1 rings (SSSR count). The number of rotatable bonds is 9. The second-order valence-electron chi connectivity index (χ2n) is 4.16. The van der Waals surface area contributed by atoms with Gasteiger partial charge in [0.1, 0.15) is 5.75 Å². The van der Waals surface area contributed by atoms with E-state index in [2.05, 4.69) is 24.4 Å². The summed E-state index contributed by atoms with van der Waals surface area (Å²) in [6.45, 7) is 5.07. The fourth-order valence-electron chi connectivity index (χ4n) is 1.60. The van der Waals surface area contributed by atoms with Crippen LogP contribution in [-0.2, 0) is 4.74 Å². The van der Waals surface area contributed by atoms with E-state index < -0.39 is 0 Å². The van der Waals surface area contributed by atoms with Crippen LogP contribution in [0.5, 0.6) is 5.75 Å². The molecule has 0 amide bonds. The lowest BCUT2D eigenvalue weighted by Gasteiger charge is -2.13. The van der Waals surface area contributed by atoms with Crippen LogP contribution in [0, 0.1) is 0 Å². The van der Waals surface area contributed by atoms with E-state index in [1.54, 1.807) is 14.2 Å². The van der Waals surface area contributed by atoms with E-state index in [0.29, 0.717) is 5.25 Å². The number of benzene rings is 1. The number of ether oxygens (including phenoxy) is 2. The van der Waals surface area contributed by atoms with Crippen molar-refractivity contribution in [1.29, 1.82) is 0 Å². The predicted molar refractivity (Wildman–Crippen MR) is 77.7 cm³/mol. The molecule has 0 fully saturated rings. The SMILES string of the molecule is COCCCNCC(C)Sc1cccc(OC)c1. The van der Waals surface area contributed by atoms with Crippen molar-refractivity contribution < 1.29 is 9.47 Å². The molecule has 18 heavy (non-hydrogen) atoms. The van der Waals surface area contributed by atoms with Crippen LogP contribution in [0.2, 0.25) is 0 Å². The molecule has 0 heterocycles. The van der Waals surface area contributed by atoms with Gasteiger partial charge in [-0.1, -0.05) is 13.0 Å². The van der Waals surface area contributed by atoms with Gasteiger partial charge in [-0.15, -0.1) is 11.8 Å². The Labute approximate surface area is 114 Å². The fourth-order valence-corrected chi connectivity index (χ4v) is 2.60. The maximum absolute atomic E-state index is 5.22. The van der Waals surface area contributed by atoms with Gasteiger partial charge in [-0.25, -0.2) is 0 Å². The van der Waals surface area contributed by atoms with Crippen molar-refractivity contribution in [3.63, 3.8) is 0 Å². The first-order valence-corrected chi connectivity index (χ1v) is 7.14. The minimum Gasteiger partial charge on any atom is -0.497 e. The molecule has 0 saturated heterocycles. The Hall–Kier alpha value is -0.710. The lowest BCUT2D eigenvalue weighted by Crippen LogP contribution is -2.24. The fraction of sp³-hybridized carbons (Fsp3) is 0.571. The Balaban J connectivity index is 2.24. The highest BCUT2D eigenvalue weighted by atomic mass is 32.2. The zero-order chi connectivity index (χ0) is 13.2. The van der Waals surface area contributed by atoms with Crippen molar-refractivity contribution in [1.82, 2.24) is 5.32 Å². The summed E-state index contributed by atoms with van der Waals surface area (Å²) in [6, 6.07) is 8.19. The number of hydrogen-bond donors (Lipinski definition) is 1. The summed E-state index contributed by atoms with van der Waals surface area (Å²) in [5.74, 6) is 0.917. The molecule has 0 aliphatic rings. The van der Waals surface area contributed by atoms with E-state index in [1.807, 2.05) is 23.9 Å². The summed E-state index contributed by atoms with van der Waals surface area (Å²) in [5.41, 5.74) is 0. The molecule has 1 unspecified atom stereocenters. The summed E-state index contributed by atoms with van der Waals surface area (Å²) >= 11 is 1.86. The molecule has 0 aromatic heterocycles. The molecule has 0 saturated carbocycles. The van der Waals surface area contributed by atoms with E-state index in [0.717, 1.165) is 31.9 Å². The van der Waals surface area contributed by atoms with Crippen molar-refractivity contribution in [3.8, 4) is 5.75 Å². The summed E-state index contributed by atoms with van der Waals surface area (Å²) in [5, 5.41) is 3.98. The standard InChI is InChI=1S/C14H23NO2S/c1-12(11-15-8-5-9-16-2)18-14-7-4-6-13(10-14)17-3/h4,6-7,10,12,15H,5,8-9,11H2,1-3H3. The third kappa shape index (κ3) is 6.28. The molecule has 1 atom stereocenters. The van der Waals surface area contributed by atoms with E-state index in [-0.39, 0.29) is 0 Å². The highest BCUT2D eigenvalue weighted by molar-refractivity contribution is 8.00. The van der Waals surface area contributed by atoms with Gasteiger partial charge in [0.05, 0.1) is 7.11 Å². The van der Waals surface area contributed by atoms with Crippen LogP contribution in [0.25, 0.3) is 0 Å². The molecule has 3 nitrogen and oxygen atoms in total. The summed E-state index contributed by atoms with van der Waals surface area (Å²) < 4.78 is 10.2. The summed E-state index contributed by atoms with van der Waals surface area (Å²) in [4.78, 5) is 1.25. The lowest BCUT2D eigenvalue weighted by molar-refractivity contribution is 0.194. The molecule has 1 aromatic rings. The first-order chi connectivity index (χ1) is 8.76. The average Bonchev–Trinajstić information content (AvgIpc) is 2.38. The largest absolute Gasteiger partial charge is 0.497 e. The third-order valence-electron chi connectivity index (χ3n) is 2.51. The van der Waals surface area contributed by atoms with Crippen molar-refractivity contribution >= 4 is 11.8 Å². The van der Waals surface area contributed by atoms with Gasteiger partial charge in [-0.2, -0.15) is 0 Å². The van der Waals surface area contributed by atoms with Crippen molar-refractivity contribution in [3.05, 3.63) is 24.3 Å². The summed E-state index contributed by atoms with van der Waals surface area (Å²) in [7, 11) is 3.44. The van der Waals surface area contributed by atoms with E-state index in [4.69, 9.17) is 9.47 Å². The molecular weight excluding hydrogens is 246 g/mol.